The number of halogens is 2. The van der Waals surface area contributed by atoms with Crippen LogP contribution in [0.5, 0.6) is 0 Å². The van der Waals surface area contributed by atoms with Crippen molar-refractivity contribution in [2.24, 2.45) is 0 Å². The number of carbonyl (C=O) groups is 3. The van der Waals surface area contributed by atoms with Gasteiger partial charge in [0.15, 0.2) is 0 Å². The molecule has 0 aliphatic heterocycles. The number of amides is 3. The van der Waals surface area contributed by atoms with Gasteiger partial charge in [-0.3, -0.25) is 14.4 Å². The van der Waals surface area contributed by atoms with Gasteiger partial charge in [-0.15, -0.1) is 11.8 Å². The van der Waals surface area contributed by atoms with Crippen LogP contribution in [-0.2, 0) is 9.59 Å². The van der Waals surface area contributed by atoms with Crippen molar-refractivity contribution in [1.29, 1.82) is 0 Å². The second-order valence-corrected chi connectivity index (χ2v) is 11.8. The van der Waals surface area contributed by atoms with E-state index in [0.717, 1.165) is 14.9 Å². The van der Waals surface area contributed by atoms with Gasteiger partial charge >= 0.3 is 0 Å². The number of hydrogen-bond acceptors (Lipinski definition) is 5. The van der Waals surface area contributed by atoms with Gasteiger partial charge in [-0.1, -0.05) is 70.0 Å². The largest absolute Gasteiger partial charge is 0.457 e. The van der Waals surface area contributed by atoms with Gasteiger partial charge < -0.3 is 20.4 Å². The minimum Gasteiger partial charge on any atom is -0.457 e. The number of nitrogens with one attached hydrogen (secondary N) is 3. The number of benzene rings is 4. The number of rotatable bonds is 10. The molecule has 10 heteroatoms. The first kappa shape index (κ1) is 30.9. The van der Waals surface area contributed by atoms with Gasteiger partial charge in [0.05, 0.1) is 16.5 Å². The molecule has 1 heterocycles. The SMILES string of the molecule is O=C(CSc1ccc(NC(=O)C(=Cc2ccc(-c3ccc(Br)cc3)o2)NC(=O)c2ccccc2)cc1)Nc1ccccc1Cl. The number of furan rings is 1. The van der Waals surface area contributed by atoms with E-state index in [-0.39, 0.29) is 17.4 Å². The highest BCUT2D eigenvalue weighted by molar-refractivity contribution is 9.10. The van der Waals surface area contributed by atoms with Crippen LogP contribution in [0.15, 0.2) is 135 Å². The molecule has 0 atom stereocenters. The standard InChI is InChI=1S/C34H25BrClN3O4S/c35-24-12-10-22(11-13-24)31-19-16-26(43-31)20-30(39-33(41)23-6-2-1-3-7-23)34(42)37-25-14-17-27(18-15-25)44-21-32(40)38-29-9-5-4-8-28(29)36/h1-20H,21H2,(H,37,42)(H,38,40)(H,39,41). The fraction of sp³-hybridized carbons (Fsp3) is 0.0294. The molecule has 0 fully saturated rings. The van der Waals surface area contributed by atoms with Gasteiger partial charge in [0.2, 0.25) is 5.91 Å². The molecule has 0 aliphatic carbocycles. The number of carbonyl (C=O) groups excluding carboxylic acids is 3. The van der Waals surface area contributed by atoms with Crippen molar-refractivity contribution in [2.75, 3.05) is 16.4 Å². The second kappa shape index (κ2) is 14.7. The summed E-state index contributed by atoms with van der Waals surface area (Å²) in [6.07, 6.45) is 1.49. The van der Waals surface area contributed by atoms with E-state index in [0.29, 0.717) is 33.5 Å². The Hall–Kier alpha value is -4.57. The molecule has 0 spiro atoms. The van der Waals surface area contributed by atoms with Gasteiger partial charge in [0, 0.05) is 32.3 Å². The molecular formula is C34H25BrClN3O4S. The highest BCUT2D eigenvalue weighted by Gasteiger charge is 2.17. The van der Waals surface area contributed by atoms with Crippen LogP contribution in [0.4, 0.5) is 11.4 Å². The molecule has 0 unspecified atom stereocenters. The minimum absolute atomic E-state index is 0.00487. The summed E-state index contributed by atoms with van der Waals surface area (Å²) in [6, 6.07) is 33.9. The smallest absolute Gasteiger partial charge is 0.272 e. The van der Waals surface area contributed by atoms with Crippen molar-refractivity contribution >= 4 is 74.5 Å². The third kappa shape index (κ3) is 8.50. The summed E-state index contributed by atoms with van der Waals surface area (Å²) in [5.41, 5.74) is 2.34. The average molecular weight is 687 g/mol. The zero-order chi connectivity index (χ0) is 30.9. The van der Waals surface area contributed by atoms with Crippen LogP contribution < -0.4 is 16.0 Å². The molecule has 220 valence electrons. The molecule has 3 N–H and O–H groups in total. The Kier molecular flexibility index (Phi) is 10.3. The van der Waals surface area contributed by atoms with E-state index in [1.54, 1.807) is 91.0 Å². The lowest BCUT2D eigenvalue weighted by Gasteiger charge is -2.11. The number of hydrogen-bond donors (Lipinski definition) is 3. The van der Waals surface area contributed by atoms with Gasteiger partial charge in [0.1, 0.15) is 17.2 Å². The Morgan fingerprint density at radius 2 is 1.50 bits per heavy atom. The predicted molar refractivity (Wildman–Crippen MR) is 180 cm³/mol. The Morgan fingerprint density at radius 1 is 0.795 bits per heavy atom. The summed E-state index contributed by atoms with van der Waals surface area (Å²) in [7, 11) is 0. The molecule has 0 bridgehead atoms. The molecule has 1 aromatic heterocycles. The monoisotopic (exact) mass is 685 g/mol. The Morgan fingerprint density at radius 3 is 2.23 bits per heavy atom. The molecule has 0 radical (unpaired) electrons. The maximum Gasteiger partial charge on any atom is 0.272 e. The van der Waals surface area contributed by atoms with E-state index in [9.17, 15) is 14.4 Å². The Labute approximate surface area is 271 Å². The summed E-state index contributed by atoms with van der Waals surface area (Å²) in [4.78, 5) is 39.5. The van der Waals surface area contributed by atoms with E-state index in [4.69, 9.17) is 16.0 Å². The highest BCUT2D eigenvalue weighted by atomic mass is 79.9. The Bertz CT molecular complexity index is 1810. The lowest BCUT2D eigenvalue weighted by molar-refractivity contribution is -0.114. The Balaban J connectivity index is 1.27. The second-order valence-electron chi connectivity index (χ2n) is 9.38. The van der Waals surface area contributed by atoms with Crippen LogP contribution in [0, 0.1) is 0 Å². The van der Waals surface area contributed by atoms with E-state index < -0.39 is 11.8 Å². The van der Waals surface area contributed by atoms with E-state index in [1.165, 1.54) is 17.8 Å². The van der Waals surface area contributed by atoms with Gasteiger partial charge in [-0.05, 0) is 72.8 Å². The molecule has 44 heavy (non-hydrogen) atoms. The van der Waals surface area contributed by atoms with Crippen LogP contribution in [0.25, 0.3) is 17.4 Å². The van der Waals surface area contributed by atoms with Crippen molar-refractivity contribution in [2.45, 2.75) is 4.90 Å². The van der Waals surface area contributed by atoms with Gasteiger partial charge in [0.25, 0.3) is 11.8 Å². The van der Waals surface area contributed by atoms with Crippen molar-refractivity contribution in [1.82, 2.24) is 5.32 Å². The van der Waals surface area contributed by atoms with Gasteiger partial charge in [-0.25, -0.2) is 0 Å². The van der Waals surface area contributed by atoms with Crippen molar-refractivity contribution in [3.63, 3.8) is 0 Å². The quantitative estimate of drug-likeness (QED) is 0.101. The molecule has 0 saturated carbocycles. The lowest BCUT2D eigenvalue weighted by Crippen LogP contribution is -2.30. The highest BCUT2D eigenvalue weighted by Crippen LogP contribution is 2.26. The number of para-hydroxylation sites is 1. The summed E-state index contributed by atoms with van der Waals surface area (Å²) in [5.74, 6) is 0.0325. The molecule has 7 nitrogen and oxygen atoms in total. The zero-order valence-electron chi connectivity index (χ0n) is 23.1. The molecule has 0 saturated heterocycles. The maximum absolute atomic E-state index is 13.4. The third-order valence-electron chi connectivity index (χ3n) is 6.20. The fourth-order valence-electron chi connectivity index (χ4n) is 4.02. The summed E-state index contributed by atoms with van der Waals surface area (Å²) < 4.78 is 6.91. The molecule has 0 aliphatic rings. The fourth-order valence-corrected chi connectivity index (χ4v) is 5.16. The summed E-state index contributed by atoms with van der Waals surface area (Å²) in [6.45, 7) is 0. The van der Waals surface area contributed by atoms with E-state index in [1.807, 2.05) is 24.3 Å². The molecule has 5 rings (SSSR count). The van der Waals surface area contributed by atoms with Crippen molar-refractivity contribution < 1.29 is 18.8 Å². The average Bonchev–Trinajstić information content (AvgIpc) is 3.51. The van der Waals surface area contributed by atoms with Gasteiger partial charge in [-0.2, -0.15) is 0 Å². The first-order valence-electron chi connectivity index (χ1n) is 13.4. The first-order chi connectivity index (χ1) is 21.3. The molecule has 5 aromatic rings. The van der Waals surface area contributed by atoms with Crippen LogP contribution in [0.3, 0.4) is 0 Å². The van der Waals surface area contributed by atoms with Crippen LogP contribution in [0.1, 0.15) is 16.1 Å². The van der Waals surface area contributed by atoms with Crippen LogP contribution in [-0.4, -0.2) is 23.5 Å². The first-order valence-corrected chi connectivity index (χ1v) is 15.5. The lowest BCUT2D eigenvalue weighted by atomic mass is 10.2. The third-order valence-corrected chi connectivity index (χ3v) is 8.07. The molecule has 3 amide bonds. The molecular weight excluding hydrogens is 662 g/mol. The van der Waals surface area contributed by atoms with E-state index >= 15 is 0 Å². The minimum atomic E-state index is -0.532. The van der Waals surface area contributed by atoms with E-state index in [2.05, 4.69) is 31.9 Å². The topological polar surface area (TPSA) is 100 Å². The predicted octanol–water partition coefficient (Wildman–Crippen LogP) is 8.50. The normalized spacial score (nSPS) is 11.1. The zero-order valence-corrected chi connectivity index (χ0v) is 26.2. The number of thioether (sulfide) groups is 1. The summed E-state index contributed by atoms with van der Waals surface area (Å²) >= 11 is 10.9. The summed E-state index contributed by atoms with van der Waals surface area (Å²) in [5, 5.41) is 8.80. The number of anilines is 2. The van der Waals surface area contributed by atoms with Crippen molar-refractivity contribution in [3.05, 3.63) is 142 Å². The van der Waals surface area contributed by atoms with Crippen LogP contribution >= 0.6 is 39.3 Å². The van der Waals surface area contributed by atoms with Crippen molar-refractivity contribution in [3.8, 4) is 11.3 Å². The molecule has 4 aromatic carbocycles. The maximum atomic E-state index is 13.4. The van der Waals surface area contributed by atoms with Crippen LogP contribution in [0.2, 0.25) is 5.02 Å².